The van der Waals surface area contributed by atoms with Crippen molar-refractivity contribution in [3.8, 4) is 16.9 Å². The fraction of sp³-hybridized carbons (Fsp3) is 0.516. The first kappa shape index (κ1) is 29.2. The summed E-state index contributed by atoms with van der Waals surface area (Å²) in [6.07, 6.45) is 4.20. The van der Waals surface area contributed by atoms with Gasteiger partial charge in [-0.15, -0.1) is 0 Å². The minimum atomic E-state index is -0.601. The Morgan fingerprint density at radius 1 is 1.08 bits per heavy atom. The molecule has 1 aliphatic heterocycles. The largest absolute Gasteiger partial charge is 0.497 e. The molecule has 206 valence electrons. The van der Waals surface area contributed by atoms with Gasteiger partial charge in [0.1, 0.15) is 11.8 Å². The number of carbonyl (C=O) groups is 3. The molecule has 7 nitrogen and oxygen atoms in total. The Balaban J connectivity index is 1.76. The van der Waals surface area contributed by atoms with Crippen molar-refractivity contribution in [2.75, 3.05) is 13.7 Å². The molecule has 0 saturated carbocycles. The average molecular weight is 522 g/mol. The van der Waals surface area contributed by atoms with Gasteiger partial charge < -0.3 is 20.7 Å². The van der Waals surface area contributed by atoms with Crippen molar-refractivity contribution in [3.05, 3.63) is 54.1 Å². The van der Waals surface area contributed by atoms with Gasteiger partial charge in [-0.2, -0.15) is 0 Å². The van der Waals surface area contributed by atoms with E-state index in [0.29, 0.717) is 32.4 Å². The smallest absolute Gasteiger partial charge is 0.245 e. The number of nitrogens with two attached hydrogens (primary N) is 1. The minimum absolute atomic E-state index is 0.0722. The number of primary amides is 1. The number of hydrogen-bond acceptors (Lipinski definition) is 4. The summed E-state index contributed by atoms with van der Waals surface area (Å²) >= 11 is 0. The van der Waals surface area contributed by atoms with E-state index in [1.54, 1.807) is 7.11 Å². The van der Waals surface area contributed by atoms with Crippen molar-refractivity contribution in [3.63, 3.8) is 0 Å². The summed E-state index contributed by atoms with van der Waals surface area (Å²) in [4.78, 5) is 41.1. The number of ether oxygens (including phenoxy) is 1. The third-order valence-corrected chi connectivity index (χ3v) is 7.31. The summed E-state index contributed by atoms with van der Waals surface area (Å²) in [7, 11) is 1.65. The topological polar surface area (TPSA) is 102 Å². The maximum Gasteiger partial charge on any atom is 0.245 e. The number of amides is 3. The molecule has 3 atom stereocenters. The number of hydrogen-bond donors (Lipinski definition) is 2. The summed E-state index contributed by atoms with van der Waals surface area (Å²) in [5.74, 6) is -0.800. The Hall–Kier alpha value is -3.35. The van der Waals surface area contributed by atoms with Gasteiger partial charge in [-0.25, -0.2) is 0 Å². The van der Waals surface area contributed by atoms with Gasteiger partial charge >= 0.3 is 0 Å². The molecule has 1 aliphatic rings. The monoisotopic (exact) mass is 521 g/mol. The SMILES string of the molecule is CCC[C@H](C(N)=O)[C@@H](CC(C)C)C(=O)N[C@H]1CCCCN(Cc2cccc(-c3cccc(OC)c3)c2)C1=O. The number of likely N-dealkylation sites (tertiary alicyclic amines) is 1. The van der Waals surface area contributed by atoms with Gasteiger partial charge in [0.25, 0.3) is 0 Å². The van der Waals surface area contributed by atoms with Gasteiger partial charge in [-0.3, -0.25) is 14.4 Å². The third kappa shape index (κ3) is 7.83. The molecule has 0 aliphatic carbocycles. The van der Waals surface area contributed by atoms with E-state index in [9.17, 15) is 14.4 Å². The van der Waals surface area contributed by atoms with Crippen LogP contribution in [0.5, 0.6) is 5.75 Å². The summed E-state index contributed by atoms with van der Waals surface area (Å²) < 4.78 is 5.37. The Bertz CT molecular complexity index is 1100. The highest BCUT2D eigenvalue weighted by molar-refractivity contribution is 5.91. The molecular formula is C31H43N3O4. The first-order chi connectivity index (χ1) is 18.2. The second-order valence-corrected chi connectivity index (χ2v) is 10.8. The second kappa shape index (κ2) is 14.0. The van der Waals surface area contributed by atoms with Crippen molar-refractivity contribution >= 4 is 17.7 Å². The van der Waals surface area contributed by atoms with Crippen LogP contribution in [0.4, 0.5) is 0 Å². The standard InChI is InChI=1S/C31H43N3O4/c1-5-10-26(29(32)35)27(17-21(2)3)30(36)33-28-15-6-7-16-34(31(28)37)20-22-11-8-12-23(18-22)24-13-9-14-25(19-24)38-4/h8-9,11-14,18-19,21,26-28H,5-7,10,15-17,20H2,1-4H3,(H2,32,35)(H,33,36)/t26-,27+,28-/m0/s1. The van der Waals surface area contributed by atoms with E-state index in [0.717, 1.165) is 41.7 Å². The third-order valence-electron chi connectivity index (χ3n) is 7.31. The maximum absolute atomic E-state index is 13.6. The molecule has 3 N–H and O–H groups in total. The summed E-state index contributed by atoms with van der Waals surface area (Å²) in [6.45, 7) is 7.16. The number of rotatable bonds is 12. The van der Waals surface area contributed by atoms with Crippen LogP contribution in [0.15, 0.2) is 48.5 Å². The van der Waals surface area contributed by atoms with Crippen LogP contribution in [0, 0.1) is 17.8 Å². The van der Waals surface area contributed by atoms with Crippen LogP contribution in [-0.4, -0.2) is 42.3 Å². The fourth-order valence-corrected chi connectivity index (χ4v) is 5.36. The molecule has 0 radical (unpaired) electrons. The van der Waals surface area contributed by atoms with Gasteiger partial charge in [0.05, 0.1) is 7.11 Å². The molecule has 0 unspecified atom stereocenters. The van der Waals surface area contributed by atoms with Crippen LogP contribution in [0.25, 0.3) is 11.1 Å². The molecule has 1 saturated heterocycles. The predicted octanol–water partition coefficient (Wildman–Crippen LogP) is 4.92. The van der Waals surface area contributed by atoms with Gasteiger partial charge in [0, 0.05) is 24.9 Å². The summed E-state index contributed by atoms with van der Waals surface area (Å²) in [5, 5.41) is 3.02. The molecule has 0 aromatic heterocycles. The Morgan fingerprint density at radius 2 is 1.79 bits per heavy atom. The number of nitrogens with zero attached hydrogens (tertiary/aromatic N) is 1. The quantitative estimate of drug-likeness (QED) is 0.414. The Kier molecular flexibility index (Phi) is 10.7. The second-order valence-electron chi connectivity index (χ2n) is 10.8. The first-order valence-corrected chi connectivity index (χ1v) is 13.8. The molecular weight excluding hydrogens is 478 g/mol. The Labute approximate surface area is 227 Å². The van der Waals surface area contributed by atoms with Crippen molar-refractivity contribution in [2.45, 2.75) is 71.9 Å². The highest BCUT2D eigenvalue weighted by Gasteiger charge is 2.35. The fourth-order valence-electron chi connectivity index (χ4n) is 5.36. The molecule has 2 aromatic carbocycles. The maximum atomic E-state index is 13.6. The molecule has 1 heterocycles. The van der Waals surface area contributed by atoms with Gasteiger partial charge in [0.15, 0.2) is 0 Å². The number of nitrogens with one attached hydrogen (secondary N) is 1. The van der Waals surface area contributed by atoms with E-state index in [-0.39, 0.29) is 17.7 Å². The molecule has 7 heteroatoms. The Morgan fingerprint density at radius 3 is 2.45 bits per heavy atom. The highest BCUT2D eigenvalue weighted by Crippen LogP contribution is 2.27. The molecule has 2 aromatic rings. The van der Waals surface area contributed by atoms with E-state index >= 15 is 0 Å². The van der Waals surface area contributed by atoms with Crippen LogP contribution in [0.1, 0.15) is 64.9 Å². The van der Waals surface area contributed by atoms with Crippen molar-refractivity contribution in [2.24, 2.45) is 23.5 Å². The molecule has 3 amide bonds. The van der Waals surface area contributed by atoms with E-state index < -0.39 is 23.8 Å². The van der Waals surface area contributed by atoms with Crippen LogP contribution in [0.2, 0.25) is 0 Å². The van der Waals surface area contributed by atoms with Gasteiger partial charge in [-0.1, -0.05) is 57.5 Å². The number of methoxy groups -OCH3 is 1. The van der Waals surface area contributed by atoms with E-state index in [2.05, 4.69) is 11.4 Å². The lowest BCUT2D eigenvalue weighted by atomic mass is 9.81. The van der Waals surface area contributed by atoms with E-state index in [1.807, 2.05) is 68.1 Å². The zero-order chi connectivity index (χ0) is 27.7. The van der Waals surface area contributed by atoms with Crippen LogP contribution < -0.4 is 15.8 Å². The minimum Gasteiger partial charge on any atom is -0.497 e. The number of carbonyl (C=O) groups excluding carboxylic acids is 3. The molecule has 1 fully saturated rings. The normalized spacial score (nSPS) is 17.6. The lowest BCUT2D eigenvalue weighted by molar-refractivity contribution is -0.139. The van der Waals surface area contributed by atoms with Crippen molar-refractivity contribution in [1.29, 1.82) is 0 Å². The predicted molar refractivity (Wildman–Crippen MR) is 150 cm³/mol. The first-order valence-electron chi connectivity index (χ1n) is 13.8. The molecule has 0 spiro atoms. The van der Waals surface area contributed by atoms with Gasteiger partial charge in [0.2, 0.25) is 17.7 Å². The highest BCUT2D eigenvalue weighted by atomic mass is 16.5. The number of benzene rings is 2. The average Bonchev–Trinajstić information content (AvgIpc) is 3.07. The molecule has 3 rings (SSSR count). The summed E-state index contributed by atoms with van der Waals surface area (Å²) in [5.41, 5.74) is 8.83. The lowest BCUT2D eigenvalue weighted by Crippen LogP contribution is -2.50. The summed E-state index contributed by atoms with van der Waals surface area (Å²) in [6, 6.07) is 15.5. The van der Waals surface area contributed by atoms with Crippen LogP contribution in [0.3, 0.4) is 0 Å². The molecule has 0 bridgehead atoms. The van der Waals surface area contributed by atoms with E-state index in [1.165, 1.54) is 0 Å². The van der Waals surface area contributed by atoms with E-state index in [4.69, 9.17) is 10.5 Å². The van der Waals surface area contributed by atoms with Crippen molar-refractivity contribution < 1.29 is 19.1 Å². The van der Waals surface area contributed by atoms with Crippen molar-refractivity contribution in [1.82, 2.24) is 10.2 Å². The lowest BCUT2D eigenvalue weighted by Gasteiger charge is -2.29. The van der Waals surface area contributed by atoms with Crippen LogP contribution >= 0.6 is 0 Å². The zero-order valence-corrected chi connectivity index (χ0v) is 23.2. The van der Waals surface area contributed by atoms with Crippen LogP contribution in [-0.2, 0) is 20.9 Å². The van der Waals surface area contributed by atoms with Gasteiger partial charge in [-0.05, 0) is 72.9 Å². The molecule has 38 heavy (non-hydrogen) atoms. The zero-order valence-electron chi connectivity index (χ0n) is 23.2.